The van der Waals surface area contributed by atoms with Crippen LogP contribution in [-0.4, -0.2) is 20.3 Å². The van der Waals surface area contributed by atoms with Crippen molar-refractivity contribution >= 4 is 0 Å². The van der Waals surface area contributed by atoms with Crippen LogP contribution in [0.4, 0.5) is 0 Å². The van der Waals surface area contributed by atoms with E-state index in [4.69, 9.17) is 14.7 Å². The Hall–Kier alpha value is -1.73. The zero-order valence-corrected chi connectivity index (χ0v) is 9.78. The first-order valence-corrected chi connectivity index (χ1v) is 5.09. The Morgan fingerprint density at radius 1 is 1.44 bits per heavy atom. The lowest BCUT2D eigenvalue weighted by atomic mass is 10.2. The molecular formula is C12H16N2O2. The highest BCUT2D eigenvalue weighted by Gasteiger charge is 2.08. The van der Waals surface area contributed by atoms with Crippen molar-refractivity contribution in [3.63, 3.8) is 0 Å². The maximum Gasteiger partial charge on any atom is 0.181 e. The Balaban J connectivity index is 2.89. The van der Waals surface area contributed by atoms with Gasteiger partial charge in [-0.15, -0.1) is 0 Å². The highest BCUT2D eigenvalue weighted by Crippen LogP contribution is 2.28. The van der Waals surface area contributed by atoms with Crippen LogP contribution in [0.3, 0.4) is 0 Å². The van der Waals surface area contributed by atoms with Gasteiger partial charge in [-0.3, -0.25) is 0 Å². The van der Waals surface area contributed by atoms with Gasteiger partial charge in [-0.2, -0.15) is 5.26 Å². The van der Waals surface area contributed by atoms with E-state index in [0.717, 1.165) is 12.1 Å². The first kappa shape index (κ1) is 12.3. The van der Waals surface area contributed by atoms with Crippen LogP contribution >= 0.6 is 0 Å². The smallest absolute Gasteiger partial charge is 0.181 e. The fourth-order valence-corrected chi connectivity index (χ4v) is 1.34. The van der Waals surface area contributed by atoms with E-state index in [0.29, 0.717) is 11.5 Å². The normalized spacial score (nSPS) is 11.6. The average molecular weight is 220 g/mol. The van der Waals surface area contributed by atoms with E-state index in [1.807, 2.05) is 31.3 Å². The highest BCUT2D eigenvalue weighted by atomic mass is 16.5. The van der Waals surface area contributed by atoms with Crippen molar-refractivity contribution in [1.82, 2.24) is 5.32 Å². The summed E-state index contributed by atoms with van der Waals surface area (Å²) < 4.78 is 10.6. The van der Waals surface area contributed by atoms with Gasteiger partial charge < -0.3 is 14.8 Å². The van der Waals surface area contributed by atoms with E-state index in [2.05, 4.69) is 5.32 Å². The molecule has 0 amide bonds. The lowest BCUT2D eigenvalue weighted by molar-refractivity contribution is 0.260. The molecule has 1 atom stereocenters. The largest absolute Gasteiger partial charge is 0.493 e. The summed E-state index contributed by atoms with van der Waals surface area (Å²) >= 11 is 0. The third kappa shape index (κ3) is 3.14. The summed E-state index contributed by atoms with van der Waals surface area (Å²) in [6.45, 7) is 2.46. The van der Waals surface area contributed by atoms with E-state index in [1.54, 1.807) is 14.0 Å². The highest BCUT2D eigenvalue weighted by molar-refractivity contribution is 5.43. The predicted octanol–water partition coefficient (Wildman–Crippen LogP) is 1.71. The number of hydrogen-bond donors (Lipinski definition) is 1. The molecule has 16 heavy (non-hydrogen) atoms. The number of rotatable bonds is 5. The molecule has 1 rings (SSSR count). The molecule has 0 aliphatic rings. The van der Waals surface area contributed by atoms with Crippen LogP contribution in [0.1, 0.15) is 12.5 Å². The van der Waals surface area contributed by atoms with E-state index in [-0.39, 0.29) is 0 Å². The van der Waals surface area contributed by atoms with Crippen LogP contribution in [-0.2, 0) is 6.54 Å². The minimum absolute atomic E-state index is 0.482. The summed E-state index contributed by atoms with van der Waals surface area (Å²) in [4.78, 5) is 0. The molecule has 0 fully saturated rings. The van der Waals surface area contributed by atoms with Gasteiger partial charge in [0.2, 0.25) is 0 Å². The minimum Gasteiger partial charge on any atom is -0.493 e. The molecule has 4 nitrogen and oxygen atoms in total. The monoisotopic (exact) mass is 220 g/mol. The average Bonchev–Trinajstić information content (AvgIpc) is 2.31. The molecule has 0 spiro atoms. The molecule has 1 aromatic rings. The van der Waals surface area contributed by atoms with Gasteiger partial charge in [0.15, 0.2) is 17.6 Å². The molecule has 1 aromatic carbocycles. The molecule has 0 radical (unpaired) electrons. The van der Waals surface area contributed by atoms with Gasteiger partial charge in [0.05, 0.1) is 7.11 Å². The van der Waals surface area contributed by atoms with Crippen LogP contribution in [0.25, 0.3) is 0 Å². The van der Waals surface area contributed by atoms with Gasteiger partial charge >= 0.3 is 0 Å². The van der Waals surface area contributed by atoms with Crippen LogP contribution in [0.15, 0.2) is 18.2 Å². The van der Waals surface area contributed by atoms with Gasteiger partial charge in [0, 0.05) is 6.54 Å². The topological polar surface area (TPSA) is 54.3 Å². The van der Waals surface area contributed by atoms with Gasteiger partial charge in [-0.1, -0.05) is 6.07 Å². The maximum absolute atomic E-state index is 8.67. The molecule has 0 saturated heterocycles. The quantitative estimate of drug-likeness (QED) is 0.820. The molecule has 1 N–H and O–H groups in total. The molecule has 1 unspecified atom stereocenters. The third-order valence-electron chi connectivity index (χ3n) is 2.09. The first-order chi connectivity index (χ1) is 7.71. The Kier molecular flexibility index (Phi) is 4.62. The van der Waals surface area contributed by atoms with Crippen LogP contribution in [0.5, 0.6) is 11.5 Å². The lowest BCUT2D eigenvalue weighted by Crippen LogP contribution is -2.10. The van der Waals surface area contributed by atoms with E-state index >= 15 is 0 Å². The minimum atomic E-state index is -0.482. The van der Waals surface area contributed by atoms with Crippen molar-refractivity contribution in [2.45, 2.75) is 19.6 Å². The summed E-state index contributed by atoms with van der Waals surface area (Å²) in [6.07, 6.45) is -0.482. The molecule has 4 heteroatoms. The Morgan fingerprint density at radius 2 is 2.19 bits per heavy atom. The number of hydrogen-bond acceptors (Lipinski definition) is 4. The van der Waals surface area contributed by atoms with E-state index < -0.39 is 6.10 Å². The predicted molar refractivity (Wildman–Crippen MR) is 61.5 cm³/mol. The zero-order chi connectivity index (χ0) is 12.0. The molecule has 0 bridgehead atoms. The van der Waals surface area contributed by atoms with Crippen LogP contribution in [0.2, 0.25) is 0 Å². The fraction of sp³-hybridized carbons (Fsp3) is 0.417. The summed E-state index contributed by atoms with van der Waals surface area (Å²) in [5.74, 6) is 1.24. The molecule has 0 aliphatic carbocycles. The van der Waals surface area contributed by atoms with E-state index in [9.17, 15) is 0 Å². The van der Waals surface area contributed by atoms with E-state index in [1.165, 1.54) is 0 Å². The van der Waals surface area contributed by atoms with Crippen molar-refractivity contribution in [2.24, 2.45) is 0 Å². The number of benzene rings is 1. The van der Waals surface area contributed by atoms with Crippen molar-refractivity contribution in [3.05, 3.63) is 23.8 Å². The molecule has 0 saturated carbocycles. The van der Waals surface area contributed by atoms with Crippen LogP contribution in [0, 0.1) is 11.3 Å². The van der Waals surface area contributed by atoms with Gasteiger partial charge in [-0.05, 0) is 31.7 Å². The van der Waals surface area contributed by atoms with Gasteiger partial charge in [-0.25, -0.2) is 0 Å². The molecule has 0 aromatic heterocycles. The second-order valence-electron chi connectivity index (χ2n) is 3.40. The van der Waals surface area contributed by atoms with Crippen molar-refractivity contribution in [1.29, 1.82) is 5.26 Å². The number of nitrogens with zero attached hydrogens (tertiary/aromatic N) is 1. The standard InChI is InChI=1S/C12H16N2O2/c1-9(7-13)16-11-5-4-10(8-14-2)6-12(11)15-3/h4-6,9,14H,8H2,1-3H3. The van der Waals surface area contributed by atoms with Crippen LogP contribution < -0.4 is 14.8 Å². The Bertz CT molecular complexity index is 385. The molecular weight excluding hydrogens is 204 g/mol. The molecule has 86 valence electrons. The summed E-state index contributed by atoms with van der Waals surface area (Å²) in [6, 6.07) is 7.67. The summed E-state index contributed by atoms with van der Waals surface area (Å²) in [7, 11) is 3.47. The maximum atomic E-state index is 8.67. The molecule has 0 heterocycles. The van der Waals surface area contributed by atoms with Crippen molar-refractivity contribution in [2.75, 3.05) is 14.2 Å². The Labute approximate surface area is 95.8 Å². The second kappa shape index (κ2) is 5.99. The zero-order valence-electron chi connectivity index (χ0n) is 9.78. The summed E-state index contributed by atoms with van der Waals surface area (Å²) in [5, 5.41) is 11.7. The van der Waals surface area contributed by atoms with Crippen molar-refractivity contribution in [3.8, 4) is 17.6 Å². The third-order valence-corrected chi connectivity index (χ3v) is 2.09. The fourth-order valence-electron chi connectivity index (χ4n) is 1.34. The number of methoxy groups -OCH3 is 1. The Morgan fingerprint density at radius 3 is 2.75 bits per heavy atom. The first-order valence-electron chi connectivity index (χ1n) is 5.09. The molecule has 0 aliphatic heterocycles. The van der Waals surface area contributed by atoms with Gasteiger partial charge in [0.25, 0.3) is 0 Å². The van der Waals surface area contributed by atoms with Crippen molar-refractivity contribution < 1.29 is 9.47 Å². The summed E-state index contributed by atoms with van der Waals surface area (Å²) in [5.41, 5.74) is 1.11. The SMILES string of the molecule is CNCc1ccc(OC(C)C#N)c(OC)c1. The number of nitrogens with one attached hydrogen (secondary N) is 1. The number of nitriles is 1. The van der Waals surface area contributed by atoms with Gasteiger partial charge in [0.1, 0.15) is 6.07 Å². The second-order valence-corrected chi connectivity index (χ2v) is 3.40. The lowest BCUT2D eigenvalue weighted by Gasteiger charge is -2.13. The number of ether oxygens (including phenoxy) is 2.